The predicted octanol–water partition coefficient (Wildman–Crippen LogP) is 4.32. The van der Waals surface area contributed by atoms with Crippen LogP contribution in [0, 0.1) is 0 Å². The lowest BCUT2D eigenvalue weighted by atomic mass is 10.2. The number of methoxy groups -OCH3 is 1. The van der Waals surface area contributed by atoms with Crippen molar-refractivity contribution < 1.29 is 18.2 Å². The Morgan fingerprint density at radius 2 is 1.75 bits per heavy atom. The highest BCUT2D eigenvalue weighted by molar-refractivity contribution is 7.83. The monoisotopic (exact) mass is 417 g/mol. The van der Waals surface area contributed by atoms with Crippen LogP contribution in [0.5, 0.6) is 5.75 Å². The Morgan fingerprint density at radius 1 is 1.04 bits per heavy atom. The van der Waals surface area contributed by atoms with Crippen molar-refractivity contribution >= 4 is 28.3 Å². The Bertz CT molecular complexity index is 986. The Hall–Kier alpha value is -2.57. The quantitative estimate of drug-likeness (QED) is 0.592. The Balaban J connectivity index is 1.56. The van der Waals surface area contributed by atoms with Gasteiger partial charge in [-0.3, -0.25) is 9.00 Å². The second-order valence-electron chi connectivity index (χ2n) is 6.08. The summed E-state index contributed by atoms with van der Waals surface area (Å²) in [5, 5.41) is 3.39. The summed E-state index contributed by atoms with van der Waals surface area (Å²) in [6.07, 6.45) is 0. The molecular formula is C21H20ClNO4S. The Morgan fingerprint density at radius 3 is 2.50 bits per heavy atom. The maximum Gasteiger partial charge on any atom is 0.287 e. The first-order valence-electron chi connectivity index (χ1n) is 8.64. The van der Waals surface area contributed by atoms with Crippen LogP contribution in [-0.4, -0.2) is 17.2 Å². The van der Waals surface area contributed by atoms with E-state index in [-0.39, 0.29) is 17.4 Å². The molecule has 0 unspecified atom stereocenters. The number of hydrogen-bond acceptors (Lipinski definition) is 4. The third-order valence-electron chi connectivity index (χ3n) is 4.09. The van der Waals surface area contributed by atoms with E-state index in [9.17, 15) is 9.00 Å². The normalized spacial score (nSPS) is 11.8. The maximum atomic E-state index is 12.4. The topological polar surface area (TPSA) is 68.5 Å². The van der Waals surface area contributed by atoms with Crippen LogP contribution in [0.25, 0.3) is 0 Å². The summed E-state index contributed by atoms with van der Waals surface area (Å²) in [5.74, 6) is 1.58. The van der Waals surface area contributed by atoms with E-state index < -0.39 is 10.8 Å². The largest absolute Gasteiger partial charge is 0.496 e. The van der Waals surface area contributed by atoms with Crippen LogP contribution in [0.2, 0.25) is 5.02 Å². The van der Waals surface area contributed by atoms with E-state index >= 15 is 0 Å². The van der Waals surface area contributed by atoms with Crippen molar-refractivity contribution in [1.82, 2.24) is 5.32 Å². The predicted molar refractivity (Wildman–Crippen MR) is 110 cm³/mol. The second kappa shape index (κ2) is 9.57. The van der Waals surface area contributed by atoms with Gasteiger partial charge in [0.2, 0.25) is 0 Å². The molecule has 146 valence electrons. The van der Waals surface area contributed by atoms with E-state index in [0.29, 0.717) is 28.8 Å². The van der Waals surface area contributed by atoms with Gasteiger partial charge < -0.3 is 14.5 Å². The van der Waals surface area contributed by atoms with Crippen LogP contribution in [0.15, 0.2) is 65.1 Å². The number of nitrogens with one attached hydrogen (secondary N) is 1. The third-order valence-corrected chi connectivity index (χ3v) is 5.70. The zero-order valence-corrected chi connectivity index (χ0v) is 16.9. The standard InChI is InChI=1S/C21H20ClNO4S/c1-26-19-9-5-3-6-15(19)12-23-21(24)20-11-10-17(27-20)14-28(25)13-16-7-2-4-8-18(16)22/h2-11H,12-14H2,1H3,(H,23,24)/t28-/m1/s1. The molecule has 1 aromatic heterocycles. The molecule has 7 heteroatoms. The minimum absolute atomic E-state index is 0.180. The molecule has 0 aliphatic carbocycles. The molecular weight excluding hydrogens is 398 g/mol. The fourth-order valence-corrected chi connectivity index (χ4v) is 4.14. The minimum atomic E-state index is -1.20. The highest BCUT2D eigenvalue weighted by Crippen LogP contribution is 2.19. The number of carbonyl (C=O) groups is 1. The highest BCUT2D eigenvalue weighted by atomic mass is 35.5. The summed E-state index contributed by atoms with van der Waals surface area (Å²) >= 11 is 6.10. The maximum absolute atomic E-state index is 12.4. The number of para-hydroxylation sites is 1. The summed E-state index contributed by atoms with van der Waals surface area (Å²) in [5.41, 5.74) is 1.69. The lowest BCUT2D eigenvalue weighted by Gasteiger charge is -2.08. The lowest BCUT2D eigenvalue weighted by molar-refractivity contribution is 0.0921. The van der Waals surface area contributed by atoms with Crippen LogP contribution in [0.1, 0.15) is 27.4 Å². The van der Waals surface area contributed by atoms with E-state index in [4.69, 9.17) is 20.8 Å². The SMILES string of the molecule is COc1ccccc1CNC(=O)c1ccc(C[S@](=O)Cc2ccccc2Cl)o1. The molecule has 28 heavy (non-hydrogen) atoms. The second-order valence-corrected chi connectivity index (χ2v) is 7.94. The first-order chi connectivity index (χ1) is 13.6. The van der Waals surface area contributed by atoms with Gasteiger partial charge >= 0.3 is 0 Å². The molecule has 0 saturated carbocycles. The molecule has 0 aliphatic rings. The third kappa shape index (κ3) is 5.24. The molecule has 0 spiro atoms. The van der Waals surface area contributed by atoms with Gasteiger partial charge in [-0.15, -0.1) is 0 Å². The molecule has 3 rings (SSSR count). The smallest absolute Gasteiger partial charge is 0.287 e. The summed E-state index contributed by atoms with van der Waals surface area (Å²) in [7, 11) is 0.389. The van der Waals surface area contributed by atoms with Crippen LogP contribution in [-0.2, 0) is 28.9 Å². The average Bonchev–Trinajstić information content (AvgIpc) is 3.16. The molecule has 1 heterocycles. The molecule has 3 aromatic rings. The summed E-state index contributed by atoms with van der Waals surface area (Å²) in [4.78, 5) is 12.3. The number of furan rings is 1. The van der Waals surface area contributed by atoms with Gasteiger partial charge in [0, 0.05) is 27.9 Å². The fourth-order valence-electron chi connectivity index (χ4n) is 2.69. The molecule has 0 bridgehead atoms. The van der Waals surface area contributed by atoms with Crippen LogP contribution >= 0.6 is 11.6 Å². The zero-order chi connectivity index (χ0) is 19.9. The van der Waals surface area contributed by atoms with Crippen molar-refractivity contribution in [2.45, 2.75) is 18.1 Å². The van der Waals surface area contributed by atoms with Crippen molar-refractivity contribution in [3.8, 4) is 5.75 Å². The van der Waals surface area contributed by atoms with Gasteiger partial charge in [-0.1, -0.05) is 48.0 Å². The van der Waals surface area contributed by atoms with Gasteiger partial charge in [0.25, 0.3) is 5.91 Å². The summed E-state index contributed by atoms with van der Waals surface area (Å²) < 4.78 is 23.2. The Labute approximate surface area is 171 Å². The van der Waals surface area contributed by atoms with Crippen LogP contribution in [0.4, 0.5) is 0 Å². The number of hydrogen-bond donors (Lipinski definition) is 1. The van der Waals surface area contributed by atoms with Crippen molar-refractivity contribution in [2.75, 3.05) is 7.11 Å². The van der Waals surface area contributed by atoms with Crippen molar-refractivity contribution in [3.05, 3.63) is 88.3 Å². The number of benzene rings is 2. The number of amides is 1. The van der Waals surface area contributed by atoms with Crippen molar-refractivity contribution in [3.63, 3.8) is 0 Å². The molecule has 1 N–H and O–H groups in total. The van der Waals surface area contributed by atoms with Gasteiger partial charge in [-0.2, -0.15) is 0 Å². The van der Waals surface area contributed by atoms with Gasteiger partial charge in [0.15, 0.2) is 5.76 Å². The Kier molecular flexibility index (Phi) is 6.90. The van der Waals surface area contributed by atoms with Gasteiger partial charge in [0.05, 0.1) is 18.6 Å². The first kappa shape index (κ1) is 20.2. The van der Waals surface area contributed by atoms with E-state index in [2.05, 4.69) is 5.32 Å². The van der Waals surface area contributed by atoms with E-state index in [1.54, 1.807) is 25.3 Å². The molecule has 5 nitrogen and oxygen atoms in total. The summed E-state index contributed by atoms with van der Waals surface area (Å²) in [6.45, 7) is 0.317. The molecule has 1 amide bonds. The van der Waals surface area contributed by atoms with Gasteiger partial charge in [-0.05, 0) is 29.8 Å². The zero-order valence-electron chi connectivity index (χ0n) is 15.3. The number of carbonyl (C=O) groups excluding carboxylic acids is 1. The lowest BCUT2D eigenvalue weighted by Crippen LogP contribution is -2.22. The van der Waals surface area contributed by atoms with Crippen molar-refractivity contribution in [1.29, 1.82) is 0 Å². The van der Waals surface area contributed by atoms with Crippen molar-refractivity contribution in [2.24, 2.45) is 0 Å². The first-order valence-corrected chi connectivity index (χ1v) is 10.5. The van der Waals surface area contributed by atoms with Gasteiger partial charge in [-0.25, -0.2) is 0 Å². The molecule has 0 saturated heterocycles. The van der Waals surface area contributed by atoms with Crippen LogP contribution in [0.3, 0.4) is 0 Å². The van der Waals surface area contributed by atoms with E-state index in [1.165, 1.54) is 0 Å². The number of ether oxygens (including phenoxy) is 1. The van der Waals surface area contributed by atoms with Gasteiger partial charge in [0.1, 0.15) is 11.5 Å². The summed E-state index contributed by atoms with van der Waals surface area (Å²) in [6, 6.07) is 18.0. The minimum Gasteiger partial charge on any atom is -0.496 e. The molecule has 0 aliphatic heterocycles. The molecule has 2 aromatic carbocycles. The number of rotatable bonds is 8. The van der Waals surface area contributed by atoms with Crippen LogP contribution < -0.4 is 10.1 Å². The molecule has 0 fully saturated rings. The molecule has 1 atom stereocenters. The average molecular weight is 418 g/mol. The van der Waals surface area contributed by atoms with E-state index in [0.717, 1.165) is 11.1 Å². The highest BCUT2D eigenvalue weighted by Gasteiger charge is 2.14. The van der Waals surface area contributed by atoms with E-state index in [1.807, 2.05) is 42.5 Å². The number of halogens is 1. The molecule has 0 radical (unpaired) electrons. The fraction of sp³-hybridized carbons (Fsp3) is 0.190.